The Morgan fingerprint density at radius 3 is 1.83 bits per heavy atom. The Bertz CT molecular complexity index is 791. The Hall–Kier alpha value is -2.83. The van der Waals surface area contributed by atoms with Crippen molar-refractivity contribution in [2.75, 3.05) is 0 Å². The summed E-state index contributed by atoms with van der Waals surface area (Å²) in [6.45, 7) is 0. The van der Waals surface area contributed by atoms with Crippen LogP contribution in [0.3, 0.4) is 0 Å². The number of aromatic hydroxyl groups is 2. The Morgan fingerprint density at radius 1 is 0.826 bits per heavy atom. The quantitative estimate of drug-likeness (QED) is 0.568. The number of phenolic OH excluding ortho intramolecular Hbond substituents is 2. The van der Waals surface area contributed by atoms with E-state index in [-0.39, 0.29) is 28.2 Å². The van der Waals surface area contributed by atoms with Gasteiger partial charge in [0.05, 0.1) is 5.57 Å². The first-order valence-corrected chi connectivity index (χ1v) is 6.83. The van der Waals surface area contributed by atoms with Crippen LogP contribution in [-0.4, -0.2) is 37.4 Å². The summed E-state index contributed by atoms with van der Waals surface area (Å²) in [4.78, 5) is 12.3. The van der Waals surface area contributed by atoms with Crippen molar-refractivity contribution in [3.63, 3.8) is 0 Å². The first-order chi connectivity index (χ1) is 10.9. The molecule has 0 fully saturated rings. The summed E-state index contributed by atoms with van der Waals surface area (Å²) in [6.07, 6.45) is -1.88. The van der Waals surface area contributed by atoms with Crippen molar-refractivity contribution in [1.82, 2.24) is 0 Å². The maximum atomic E-state index is 12.3. The second-order valence-corrected chi connectivity index (χ2v) is 5.35. The van der Waals surface area contributed by atoms with Crippen LogP contribution in [0, 0.1) is 0 Å². The normalized spacial score (nSPS) is 24.3. The van der Waals surface area contributed by atoms with E-state index in [4.69, 9.17) is 0 Å². The molecule has 0 heterocycles. The number of ketones is 1. The Kier molecular flexibility index (Phi) is 3.35. The van der Waals surface area contributed by atoms with Gasteiger partial charge in [-0.25, -0.2) is 0 Å². The molecule has 5 N–H and O–H groups in total. The highest BCUT2D eigenvalue weighted by Crippen LogP contribution is 2.44. The highest BCUT2D eigenvalue weighted by molar-refractivity contribution is 6.26. The highest BCUT2D eigenvalue weighted by atomic mass is 16.4. The maximum absolute atomic E-state index is 12.3. The zero-order chi connectivity index (χ0) is 16.8. The van der Waals surface area contributed by atoms with Crippen LogP contribution < -0.4 is 0 Å². The minimum Gasteiger partial charge on any atom is -0.508 e. The van der Waals surface area contributed by atoms with Crippen LogP contribution in [0.4, 0.5) is 0 Å². The Balaban J connectivity index is 2.16. The fraction of sp³-hybridized carbons (Fsp3) is 0.118. The average molecular weight is 314 g/mol. The molecule has 0 spiro atoms. The summed E-state index contributed by atoms with van der Waals surface area (Å²) < 4.78 is 0. The van der Waals surface area contributed by atoms with Crippen LogP contribution in [0.2, 0.25) is 0 Å². The van der Waals surface area contributed by atoms with Crippen LogP contribution in [0.25, 0.3) is 5.57 Å². The van der Waals surface area contributed by atoms with Crippen molar-refractivity contribution >= 4 is 11.4 Å². The molecular weight excluding hydrogens is 300 g/mol. The maximum Gasteiger partial charge on any atom is 0.199 e. The number of carbonyl (C=O) groups excluding carboxylic acids is 1. The lowest BCUT2D eigenvalue weighted by molar-refractivity contribution is -0.133. The van der Waals surface area contributed by atoms with Gasteiger partial charge in [0.15, 0.2) is 17.5 Å². The number of hydrogen-bond donors (Lipinski definition) is 5. The van der Waals surface area contributed by atoms with Crippen LogP contribution >= 0.6 is 0 Å². The number of aliphatic hydroxyl groups excluding tert-OH is 2. The summed E-state index contributed by atoms with van der Waals surface area (Å²) in [5, 5.41) is 50.0. The van der Waals surface area contributed by atoms with Gasteiger partial charge in [-0.15, -0.1) is 0 Å². The molecule has 0 amide bonds. The van der Waals surface area contributed by atoms with E-state index < -0.39 is 23.2 Å². The van der Waals surface area contributed by atoms with Gasteiger partial charge in [0.2, 0.25) is 0 Å². The van der Waals surface area contributed by atoms with Gasteiger partial charge in [-0.05, 0) is 35.4 Å². The SMILES string of the molecule is O=C1C(c2ccc(O)cc2)=C(O)C(O)(c2ccc(O)cc2)C1O. The summed E-state index contributed by atoms with van der Waals surface area (Å²) >= 11 is 0. The third-order valence-corrected chi connectivity index (χ3v) is 3.95. The summed E-state index contributed by atoms with van der Waals surface area (Å²) in [6, 6.07) is 10.6. The van der Waals surface area contributed by atoms with Crippen molar-refractivity contribution in [2.24, 2.45) is 0 Å². The number of aliphatic hydroxyl groups is 3. The van der Waals surface area contributed by atoms with E-state index in [0.29, 0.717) is 0 Å². The van der Waals surface area contributed by atoms with Crippen molar-refractivity contribution < 1.29 is 30.3 Å². The van der Waals surface area contributed by atoms with Crippen LogP contribution in [0.1, 0.15) is 11.1 Å². The van der Waals surface area contributed by atoms with Gasteiger partial charge in [0, 0.05) is 0 Å². The number of benzene rings is 2. The predicted molar refractivity (Wildman–Crippen MR) is 80.7 cm³/mol. The van der Waals surface area contributed by atoms with Gasteiger partial charge in [0.25, 0.3) is 0 Å². The van der Waals surface area contributed by atoms with Gasteiger partial charge in [-0.2, -0.15) is 0 Å². The van der Waals surface area contributed by atoms with E-state index in [9.17, 15) is 30.3 Å². The first kappa shape index (κ1) is 15.1. The molecule has 23 heavy (non-hydrogen) atoms. The molecular formula is C17H14O6. The fourth-order valence-corrected chi connectivity index (χ4v) is 2.68. The van der Waals surface area contributed by atoms with Crippen molar-refractivity contribution in [2.45, 2.75) is 11.7 Å². The number of carbonyl (C=O) groups is 1. The molecule has 2 aromatic carbocycles. The number of phenols is 2. The molecule has 0 aromatic heterocycles. The molecule has 1 aliphatic carbocycles. The molecule has 0 aliphatic heterocycles. The van der Waals surface area contributed by atoms with E-state index >= 15 is 0 Å². The molecule has 0 saturated carbocycles. The molecule has 6 heteroatoms. The highest BCUT2D eigenvalue weighted by Gasteiger charge is 2.54. The van der Waals surface area contributed by atoms with Crippen LogP contribution in [0.15, 0.2) is 54.3 Å². The van der Waals surface area contributed by atoms with Crippen molar-refractivity contribution in [1.29, 1.82) is 0 Å². The lowest BCUT2D eigenvalue weighted by Crippen LogP contribution is -2.40. The lowest BCUT2D eigenvalue weighted by atomic mass is 9.89. The zero-order valence-corrected chi connectivity index (χ0v) is 11.8. The average Bonchev–Trinajstić information content (AvgIpc) is 2.71. The Labute approximate surface area is 131 Å². The molecule has 3 rings (SSSR count). The van der Waals surface area contributed by atoms with E-state index in [1.165, 1.54) is 48.5 Å². The standard InChI is InChI=1S/C17H14O6/c18-11-5-1-9(2-6-11)13-14(20)16(22)17(23,15(13)21)10-3-7-12(19)8-4-10/h1-8,16,18-19,21-23H. The molecule has 1 aliphatic rings. The van der Waals surface area contributed by atoms with Crippen molar-refractivity contribution in [3.8, 4) is 11.5 Å². The van der Waals surface area contributed by atoms with Gasteiger partial charge >= 0.3 is 0 Å². The van der Waals surface area contributed by atoms with Gasteiger partial charge in [-0.1, -0.05) is 24.3 Å². The zero-order valence-electron chi connectivity index (χ0n) is 11.8. The molecule has 0 radical (unpaired) electrons. The van der Waals surface area contributed by atoms with Crippen LogP contribution in [-0.2, 0) is 10.4 Å². The fourth-order valence-electron chi connectivity index (χ4n) is 2.68. The number of hydrogen-bond acceptors (Lipinski definition) is 6. The van der Waals surface area contributed by atoms with E-state index in [0.717, 1.165) is 0 Å². The molecule has 6 nitrogen and oxygen atoms in total. The smallest absolute Gasteiger partial charge is 0.199 e. The third-order valence-electron chi connectivity index (χ3n) is 3.95. The molecule has 2 unspecified atom stereocenters. The largest absolute Gasteiger partial charge is 0.508 e. The second-order valence-electron chi connectivity index (χ2n) is 5.35. The third kappa shape index (κ3) is 2.16. The summed E-state index contributed by atoms with van der Waals surface area (Å²) in [7, 11) is 0. The molecule has 0 saturated heterocycles. The second kappa shape index (κ2) is 5.12. The van der Waals surface area contributed by atoms with E-state index in [1.807, 2.05) is 0 Å². The number of rotatable bonds is 2. The molecule has 118 valence electrons. The molecule has 2 atom stereocenters. The topological polar surface area (TPSA) is 118 Å². The van der Waals surface area contributed by atoms with Gasteiger partial charge < -0.3 is 25.5 Å². The minimum atomic E-state index is -2.29. The first-order valence-electron chi connectivity index (χ1n) is 6.83. The predicted octanol–water partition coefficient (Wildman–Crippen LogP) is 1.20. The van der Waals surface area contributed by atoms with Gasteiger partial charge in [0.1, 0.15) is 17.3 Å². The summed E-state index contributed by atoms with van der Waals surface area (Å²) in [5.41, 5.74) is -2.17. The molecule has 2 aromatic rings. The van der Waals surface area contributed by atoms with Crippen LogP contribution in [0.5, 0.6) is 11.5 Å². The van der Waals surface area contributed by atoms with Crippen molar-refractivity contribution in [3.05, 3.63) is 65.4 Å². The summed E-state index contributed by atoms with van der Waals surface area (Å²) in [5.74, 6) is -1.58. The monoisotopic (exact) mass is 314 g/mol. The van der Waals surface area contributed by atoms with E-state index in [1.54, 1.807) is 0 Å². The minimum absolute atomic E-state index is 0.0198. The van der Waals surface area contributed by atoms with Gasteiger partial charge in [-0.3, -0.25) is 4.79 Å². The lowest BCUT2D eigenvalue weighted by Gasteiger charge is -2.26. The Morgan fingerprint density at radius 2 is 1.30 bits per heavy atom. The molecule has 0 bridgehead atoms. The number of Topliss-reactive ketones (excluding diaryl/α,β-unsaturated/α-hetero) is 1. The van der Waals surface area contributed by atoms with E-state index in [2.05, 4.69) is 0 Å².